The quantitative estimate of drug-likeness (QED) is 0.915. The van der Waals surface area contributed by atoms with Gasteiger partial charge in [-0.25, -0.2) is 0 Å². The Balaban J connectivity index is 1.87. The molecule has 1 atom stereocenters. The number of furan rings is 1. The Labute approximate surface area is 113 Å². The van der Waals surface area contributed by atoms with Crippen LogP contribution in [0.4, 0.5) is 0 Å². The minimum absolute atomic E-state index is 0.101. The van der Waals surface area contributed by atoms with Crippen molar-refractivity contribution in [1.82, 2.24) is 5.32 Å². The Morgan fingerprint density at radius 2 is 2.16 bits per heavy atom. The molecule has 0 spiro atoms. The van der Waals surface area contributed by atoms with Crippen LogP contribution in [-0.2, 0) is 17.7 Å². The Morgan fingerprint density at radius 1 is 1.32 bits per heavy atom. The first-order valence-electron chi connectivity index (χ1n) is 7.04. The zero-order chi connectivity index (χ0) is 13.3. The van der Waals surface area contributed by atoms with Gasteiger partial charge in [-0.3, -0.25) is 0 Å². The standard InChI is InChI=1S/C16H21NO2/c1-3-14-13(10-17-16(2)8-9-18-11-16)12-6-4-5-7-15(12)19-14/h4-7,17H,3,8-11H2,1-2H3. The molecule has 1 aromatic carbocycles. The van der Waals surface area contributed by atoms with E-state index in [4.69, 9.17) is 9.15 Å². The second-order valence-electron chi connectivity index (χ2n) is 5.57. The Hall–Kier alpha value is -1.32. The van der Waals surface area contributed by atoms with Gasteiger partial charge in [-0.1, -0.05) is 25.1 Å². The first-order chi connectivity index (χ1) is 9.22. The number of aryl methyl sites for hydroxylation is 1. The van der Waals surface area contributed by atoms with Crippen molar-refractivity contribution in [1.29, 1.82) is 0 Å². The van der Waals surface area contributed by atoms with Gasteiger partial charge in [0.15, 0.2) is 0 Å². The lowest BCUT2D eigenvalue weighted by Crippen LogP contribution is -2.42. The van der Waals surface area contributed by atoms with E-state index in [9.17, 15) is 0 Å². The zero-order valence-electron chi connectivity index (χ0n) is 11.7. The van der Waals surface area contributed by atoms with Crippen LogP contribution in [0.25, 0.3) is 11.0 Å². The molecule has 1 aromatic heterocycles. The van der Waals surface area contributed by atoms with Gasteiger partial charge in [-0.2, -0.15) is 0 Å². The van der Waals surface area contributed by atoms with Crippen LogP contribution in [0, 0.1) is 0 Å². The zero-order valence-corrected chi connectivity index (χ0v) is 11.7. The van der Waals surface area contributed by atoms with Crippen molar-refractivity contribution >= 4 is 11.0 Å². The molecule has 0 aliphatic carbocycles. The molecule has 1 N–H and O–H groups in total. The fraction of sp³-hybridized carbons (Fsp3) is 0.500. The molecule has 1 aliphatic rings. The van der Waals surface area contributed by atoms with Crippen LogP contribution in [0.1, 0.15) is 31.6 Å². The lowest BCUT2D eigenvalue weighted by molar-refractivity contribution is 0.171. The first-order valence-corrected chi connectivity index (χ1v) is 7.04. The Morgan fingerprint density at radius 3 is 2.89 bits per heavy atom. The van der Waals surface area contributed by atoms with Gasteiger partial charge in [0.05, 0.1) is 6.61 Å². The van der Waals surface area contributed by atoms with Gasteiger partial charge >= 0.3 is 0 Å². The minimum Gasteiger partial charge on any atom is -0.461 e. The molecule has 1 unspecified atom stereocenters. The number of hydrogen-bond donors (Lipinski definition) is 1. The number of fused-ring (bicyclic) bond motifs is 1. The highest BCUT2D eigenvalue weighted by Gasteiger charge is 2.29. The van der Waals surface area contributed by atoms with Crippen LogP contribution in [0.2, 0.25) is 0 Å². The van der Waals surface area contributed by atoms with E-state index >= 15 is 0 Å². The fourth-order valence-electron chi connectivity index (χ4n) is 2.74. The maximum atomic E-state index is 5.93. The summed E-state index contributed by atoms with van der Waals surface area (Å²) < 4.78 is 11.4. The molecule has 0 radical (unpaired) electrons. The predicted molar refractivity (Wildman–Crippen MR) is 76.3 cm³/mol. The van der Waals surface area contributed by atoms with Gasteiger partial charge in [-0.05, 0) is 19.4 Å². The average Bonchev–Trinajstić information content (AvgIpc) is 3.00. The van der Waals surface area contributed by atoms with Crippen molar-refractivity contribution < 1.29 is 9.15 Å². The first kappa shape index (κ1) is 12.7. The van der Waals surface area contributed by atoms with E-state index in [-0.39, 0.29) is 5.54 Å². The molecule has 2 heterocycles. The third-order valence-electron chi connectivity index (χ3n) is 4.01. The molecule has 102 valence electrons. The van der Waals surface area contributed by atoms with Crippen molar-refractivity contribution in [2.45, 2.75) is 38.8 Å². The van der Waals surface area contributed by atoms with E-state index in [0.29, 0.717) is 0 Å². The molecule has 0 saturated carbocycles. The smallest absolute Gasteiger partial charge is 0.134 e. The summed E-state index contributed by atoms with van der Waals surface area (Å²) >= 11 is 0. The molecule has 0 bridgehead atoms. The van der Waals surface area contributed by atoms with E-state index in [0.717, 1.165) is 43.9 Å². The van der Waals surface area contributed by atoms with Crippen LogP contribution in [0.15, 0.2) is 28.7 Å². The summed E-state index contributed by atoms with van der Waals surface area (Å²) in [6.45, 7) is 6.87. The van der Waals surface area contributed by atoms with Crippen LogP contribution in [0.3, 0.4) is 0 Å². The van der Waals surface area contributed by atoms with Crippen molar-refractivity contribution in [2.24, 2.45) is 0 Å². The summed E-state index contributed by atoms with van der Waals surface area (Å²) in [5.74, 6) is 1.09. The number of nitrogens with one attached hydrogen (secondary N) is 1. The minimum atomic E-state index is 0.101. The average molecular weight is 259 g/mol. The van der Waals surface area contributed by atoms with Gasteiger partial charge in [0.2, 0.25) is 0 Å². The molecule has 0 amide bonds. The fourth-order valence-corrected chi connectivity index (χ4v) is 2.74. The molecule has 1 fully saturated rings. The summed E-state index contributed by atoms with van der Waals surface area (Å²) in [5.41, 5.74) is 2.39. The molecular weight excluding hydrogens is 238 g/mol. The number of hydrogen-bond acceptors (Lipinski definition) is 3. The second-order valence-corrected chi connectivity index (χ2v) is 5.57. The normalized spacial score (nSPS) is 23.3. The highest BCUT2D eigenvalue weighted by molar-refractivity contribution is 5.82. The maximum absolute atomic E-state index is 5.93. The maximum Gasteiger partial charge on any atom is 0.134 e. The van der Waals surface area contributed by atoms with Crippen molar-refractivity contribution in [3.8, 4) is 0 Å². The molecule has 2 aromatic rings. The second kappa shape index (κ2) is 4.99. The van der Waals surface area contributed by atoms with E-state index in [1.807, 2.05) is 12.1 Å². The highest BCUT2D eigenvalue weighted by Crippen LogP contribution is 2.27. The van der Waals surface area contributed by atoms with E-state index in [1.165, 1.54) is 10.9 Å². The summed E-state index contributed by atoms with van der Waals surface area (Å²) in [5, 5.41) is 4.87. The van der Waals surface area contributed by atoms with Crippen molar-refractivity contribution in [2.75, 3.05) is 13.2 Å². The molecule has 3 heteroatoms. The number of rotatable bonds is 4. The van der Waals surface area contributed by atoms with Gasteiger partial charge < -0.3 is 14.5 Å². The van der Waals surface area contributed by atoms with Gasteiger partial charge in [0.1, 0.15) is 11.3 Å². The SMILES string of the molecule is CCc1oc2ccccc2c1CNC1(C)CCOC1. The topological polar surface area (TPSA) is 34.4 Å². The Bertz CT molecular complexity index is 567. The van der Waals surface area contributed by atoms with E-state index < -0.39 is 0 Å². The van der Waals surface area contributed by atoms with E-state index in [1.54, 1.807) is 0 Å². The van der Waals surface area contributed by atoms with E-state index in [2.05, 4.69) is 31.3 Å². The summed E-state index contributed by atoms with van der Waals surface area (Å²) in [4.78, 5) is 0. The van der Waals surface area contributed by atoms with Gasteiger partial charge in [0, 0.05) is 36.1 Å². The predicted octanol–water partition coefficient (Wildman–Crippen LogP) is 3.26. The van der Waals surface area contributed by atoms with Crippen molar-refractivity contribution in [3.63, 3.8) is 0 Å². The van der Waals surface area contributed by atoms with Crippen LogP contribution < -0.4 is 5.32 Å². The molecule has 1 saturated heterocycles. The van der Waals surface area contributed by atoms with Gasteiger partial charge in [-0.15, -0.1) is 0 Å². The third kappa shape index (κ3) is 2.40. The molecule has 3 nitrogen and oxygen atoms in total. The molecule has 3 rings (SSSR count). The van der Waals surface area contributed by atoms with Crippen LogP contribution in [0.5, 0.6) is 0 Å². The lowest BCUT2D eigenvalue weighted by Gasteiger charge is -2.23. The largest absolute Gasteiger partial charge is 0.461 e. The van der Waals surface area contributed by atoms with Crippen molar-refractivity contribution in [3.05, 3.63) is 35.6 Å². The highest BCUT2D eigenvalue weighted by atomic mass is 16.5. The number of benzene rings is 1. The summed E-state index contributed by atoms with van der Waals surface area (Å²) in [7, 11) is 0. The van der Waals surface area contributed by atoms with Gasteiger partial charge in [0.25, 0.3) is 0 Å². The number of ether oxygens (including phenoxy) is 1. The molecule has 19 heavy (non-hydrogen) atoms. The van der Waals surface area contributed by atoms with Crippen LogP contribution in [-0.4, -0.2) is 18.8 Å². The molecular formula is C16H21NO2. The summed E-state index contributed by atoms with van der Waals surface area (Å²) in [6, 6.07) is 8.27. The number of para-hydroxylation sites is 1. The van der Waals surface area contributed by atoms with Crippen LogP contribution >= 0.6 is 0 Å². The third-order valence-corrected chi connectivity index (χ3v) is 4.01. The summed E-state index contributed by atoms with van der Waals surface area (Å²) in [6.07, 6.45) is 2.00. The Kier molecular flexibility index (Phi) is 3.33. The monoisotopic (exact) mass is 259 g/mol. The lowest BCUT2D eigenvalue weighted by atomic mass is 10.0. The molecule has 1 aliphatic heterocycles.